The van der Waals surface area contributed by atoms with E-state index in [1.54, 1.807) is 25.7 Å². The van der Waals surface area contributed by atoms with E-state index in [1.165, 1.54) is 19.1 Å². The van der Waals surface area contributed by atoms with Crippen LogP contribution in [0.2, 0.25) is 19.6 Å². The molecule has 1 aromatic carbocycles. The highest BCUT2D eigenvalue weighted by molar-refractivity contribution is 7.87. The number of halogens is 3. The molecule has 0 spiro atoms. The summed E-state index contributed by atoms with van der Waals surface area (Å²) in [6.07, 6.45) is 0. The van der Waals surface area contributed by atoms with Crippen molar-refractivity contribution < 1.29 is 26.1 Å². The van der Waals surface area contributed by atoms with Crippen molar-refractivity contribution in [3.05, 3.63) is 29.3 Å². The molecule has 108 valence electrons. The zero-order valence-corrected chi connectivity index (χ0v) is 12.8. The predicted octanol–water partition coefficient (Wildman–Crippen LogP) is 2.82. The molecule has 0 atom stereocenters. The molecule has 0 aromatic heterocycles. The summed E-state index contributed by atoms with van der Waals surface area (Å²) in [6.45, 7) is 6.75. The molecule has 0 N–H and O–H groups in total. The lowest BCUT2D eigenvalue weighted by Gasteiger charge is -2.26. The summed E-state index contributed by atoms with van der Waals surface area (Å²) in [5, 5.41) is -4.15. The van der Waals surface area contributed by atoms with Gasteiger partial charge in [0.1, 0.15) is 0 Å². The molecular weight excluding hydrogens is 297 g/mol. The van der Waals surface area contributed by atoms with E-state index in [9.17, 15) is 21.7 Å². The third-order valence-electron chi connectivity index (χ3n) is 2.77. The Morgan fingerprint density at radius 3 is 2.16 bits per heavy atom. The Kier molecular flexibility index (Phi) is 4.19. The predicted molar refractivity (Wildman–Crippen MR) is 69.2 cm³/mol. The van der Waals surface area contributed by atoms with E-state index in [-0.39, 0.29) is 10.8 Å². The van der Waals surface area contributed by atoms with Crippen LogP contribution in [0.4, 0.5) is 13.3 Å². The van der Waals surface area contributed by atoms with Crippen LogP contribution in [0.5, 0.6) is 0 Å². The molecule has 0 aliphatic heterocycles. The molecule has 1 aromatic rings. The summed E-state index contributed by atoms with van der Waals surface area (Å²) in [7, 11) is -7.87. The number of alkyl halides is 2. The van der Waals surface area contributed by atoms with Crippen LogP contribution in [0, 0.1) is 6.92 Å². The van der Waals surface area contributed by atoms with Gasteiger partial charge in [-0.15, -0.1) is 0 Å². The summed E-state index contributed by atoms with van der Waals surface area (Å²) < 4.78 is 64.8. The van der Waals surface area contributed by atoms with Gasteiger partial charge in [-0.1, -0.05) is 42.2 Å². The molecule has 3 nitrogen and oxygen atoms in total. The van der Waals surface area contributed by atoms with E-state index in [4.69, 9.17) is 0 Å². The lowest BCUT2D eigenvalue weighted by molar-refractivity contribution is -0.0288. The largest absolute Gasteiger partial charge is 0.397 e. The minimum atomic E-state index is -5.63. The Balaban J connectivity index is 3.69. The van der Waals surface area contributed by atoms with Crippen molar-refractivity contribution in [2.45, 2.75) is 31.8 Å². The first-order valence-electron chi connectivity index (χ1n) is 5.48. The van der Waals surface area contributed by atoms with E-state index < -0.39 is 29.0 Å². The van der Waals surface area contributed by atoms with Gasteiger partial charge >= 0.3 is 15.4 Å². The van der Waals surface area contributed by atoms with E-state index in [0.717, 1.165) is 0 Å². The molecule has 0 fully saturated rings. The minimum Gasteiger partial charge on any atom is -0.190 e. The number of benzene rings is 1. The first kappa shape index (κ1) is 16.2. The molecule has 0 bridgehead atoms. The highest BCUT2D eigenvalue weighted by Crippen LogP contribution is 2.37. The molecule has 19 heavy (non-hydrogen) atoms. The highest BCUT2D eigenvalue weighted by Gasteiger charge is 2.52. The Bertz CT molecular complexity index is 579. The van der Waals surface area contributed by atoms with Crippen LogP contribution < -0.4 is 5.19 Å². The molecule has 0 saturated carbocycles. The topological polar surface area (TPSA) is 43.4 Å². The Hall–Kier alpha value is -0.863. The van der Waals surface area contributed by atoms with Gasteiger partial charge < -0.3 is 0 Å². The fourth-order valence-electron chi connectivity index (χ4n) is 1.84. The second-order valence-electron chi connectivity index (χ2n) is 5.28. The number of rotatable bonds is 4. The van der Waals surface area contributed by atoms with Crippen molar-refractivity contribution in [2.24, 2.45) is 0 Å². The second kappa shape index (κ2) is 4.91. The molecule has 0 aliphatic rings. The van der Waals surface area contributed by atoms with Crippen molar-refractivity contribution in [2.75, 3.05) is 0 Å². The van der Waals surface area contributed by atoms with E-state index in [1.807, 2.05) is 0 Å². The van der Waals surface area contributed by atoms with Gasteiger partial charge in [-0.3, -0.25) is 0 Å². The quantitative estimate of drug-likeness (QED) is 0.803. The van der Waals surface area contributed by atoms with Crippen molar-refractivity contribution >= 4 is 23.4 Å². The summed E-state index contributed by atoms with van der Waals surface area (Å²) in [5.74, 6) is 0. The molecule has 1 rings (SSSR count). The van der Waals surface area contributed by atoms with Gasteiger partial charge in [0.15, 0.2) is 0 Å². The fraction of sp³-hybridized carbons (Fsp3) is 0.455. The maximum Gasteiger partial charge on any atom is 0.397 e. The van der Waals surface area contributed by atoms with Crippen LogP contribution in [-0.2, 0) is 19.8 Å². The third kappa shape index (κ3) is 2.85. The Labute approximate surface area is 111 Å². The summed E-state index contributed by atoms with van der Waals surface area (Å²) in [6, 6.07) is 4.39. The SMILES string of the molecule is Cc1cccc([Si](C)(C)C)c1C(F)(F)S(=O)(=O)OF. The van der Waals surface area contributed by atoms with Crippen molar-refractivity contribution in [1.82, 2.24) is 0 Å². The molecule has 0 heterocycles. The zero-order valence-electron chi connectivity index (χ0n) is 11.0. The first-order chi connectivity index (χ1) is 8.45. The van der Waals surface area contributed by atoms with Gasteiger partial charge in [0.25, 0.3) is 0 Å². The standard InChI is InChI=1S/C11H15F3O3SSi/c1-8-6-5-7-9(19(2,3)4)10(8)11(12,13)18(15,16)17-14/h5-7H,1-4H3. The van der Waals surface area contributed by atoms with Gasteiger partial charge in [0.05, 0.1) is 8.07 Å². The van der Waals surface area contributed by atoms with Crippen LogP contribution in [0.25, 0.3) is 0 Å². The van der Waals surface area contributed by atoms with E-state index in [2.05, 4.69) is 4.39 Å². The number of aryl methyl sites for hydroxylation is 1. The Morgan fingerprint density at radius 2 is 1.74 bits per heavy atom. The van der Waals surface area contributed by atoms with Gasteiger partial charge in [-0.2, -0.15) is 17.2 Å². The maximum absolute atomic E-state index is 14.1. The molecule has 0 radical (unpaired) electrons. The number of hydrogen-bond donors (Lipinski definition) is 0. The maximum atomic E-state index is 14.1. The fourth-order valence-corrected chi connectivity index (χ4v) is 4.23. The summed E-state index contributed by atoms with van der Waals surface area (Å²) >= 11 is 0. The lowest BCUT2D eigenvalue weighted by atomic mass is 10.1. The van der Waals surface area contributed by atoms with Gasteiger partial charge in [-0.05, 0) is 22.2 Å². The average molecular weight is 312 g/mol. The monoisotopic (exact) mass is 312 g/mol. The highest BCUT2D eigenvalue weighted by atomic mass is 32.2. The smallest absolute Gasteiger partial charge is 0.190 e. The molecule has 8 heteroatoms. The van der Waals surface area contributed by atoms with Crippen LogP contribution in [0.1, 0.15) is 11.1 Å². The molecule has 0 aliphatic carbocycles. The molecule has 0 unspecified atom stereocenters. The van der Waals surface area contributed by atoms with Crippen LogP contribution >= 0.6 is 0 Å². The summed E-state index contributed by atoms with van der Waals surface area (Å²) in [4.78, 5) is 0. The van der Waals surface area contributed by atoms with Gasteiger partial charge in [0, 0.05) is 5.56 Å². The van der Waals surface area contributed by atoms with Crippen molar-refractivity contribution in [3.8, 4) is 0 Å². The van der Waals surface area contributed by atoms with Crippen LogP contribution in [0.3, 0.4) is 0 Å². The average Bonchev–Trinajstić information content (AvgIpc) is 2.26. The van der Waals surface area contributed by atoms with Crippen LogP contribution in [-0.4, -0.2) is 16.5 Å². The minimum absolute atomic E-state index is 0.0885. The van der Waals surface area contributed by atoms with Gasteiger partial charge in [-0.25, -0.2) is 0 Å². The van der Waals surface area contributed by atoms with Crippen molar-refractivity contribution in [3.63, 3.8) is 0 Å². The molecular formula is C11H15F3O3SSi. The molecule has 0 saturated heterocycles. The van der Waals surface area contributed by atoms with E-state index >= 15 is 0 Å². The molecule has 0 amide bonds. The van der Waals surface area contributed by atoms with Crippen molar-refractivity contribution in [1.29, 1.82) is 0 Å². The van der Waals surface area contributed by atoms with E-state index in [0.29, 0.717) is 0 Å². The third-order valence-corrected chi connectivity index (χ3v) is 5.80. The second-order valence-corrected chi connectivity index (χ2v) is 11.9. The Morgan fingerprint density at radius 1 is 1.21 bits per heavy atom. The zero-order chi connectivity index (χ0) is 15.1. The number of hydrogen-bond acceptors (Lipinski definition) is 3. The first-order valence-corrected chi connectivity index (χ1v) is 10.4. The van der Waals surface area contributed by atoms with Gasteiger partial charge in [0.2, 0.25) is 0 Å². The lowest BCUT2D eigenvalue weighted by Crippen LogP contribution is -2.45. The normalized spacial score (nSPS) is 13.6. The summed E-state index contributed by atoms with van der Waals surface area (Å²) in [5.41, 5.74) is -0.586. The van der Waals surface area contributed by atoms with Crippen LogP contribution in [0.15, 0.2) is 18.2 Å².